The van der Waals surface area contributed by atoms with E-state index in [0.717, 1.165) is 24.0 Å². The number of carbonyl (C=O) groups excluding carboxylic acids is 2. The van der Waals surface area contributed by atoms with Crippen LogP contribution in [0.25, 0.3) is 16.9 Å². The number of aliphatic hydroxyl groups excluding tert-OH is 1. The van der Waals surface area contributed by atoms with Gasteiger partial charge in [-0.05, 0) is 67.9 Å². The fourth-order valence-electron chi connectivity index (χ4n) is 5.05. The van der Waals surface area contributed by atoms with E-state index >= 15 is 0 Å². The molecule has 3 heterocycles. The van der Waals surface area contributed by atoms with Crippen molar-refractivity contribution in [1.29, 1.82) is 0 Å². The number of fused-ring (bicyclic) bond motifs is 1. The van der Waals surface area contributed by atoms with E-state index < -0.39 is 6.10 Å². The molecule has 9 heteroatoms. The monoisotopic (exact) mass is 507 g/mol. The molecular formula is C28H34FN5O3. The minimum Gasteiger partial charge on any atom is -0.383 e. The Balaban J connectivity index is 1.35. The van der Waals surface area contributed by atoms with Gasteiger partial charge in [0.1, 0.15) is 17.6 Å². The number of benzene rings is 1. The normalized spacial score (nSPS) is 19.4. The first-order chi connectivity index (χ1) is 17.5. The molecule has 2 atom stereocenters. The summed E-state index contributed by atoms with van der Waals surface area (Å²) in [7, 11) is 0. The van der Waals surface area contributed by atoms with Crippen molar-refractivity contribution in [3.8, 4) is 11.3 Å². The molecule has 2 aromatic heterocycles. The van der Waals surface area contributed by atoms with Gasteiger partial charge in [-0.1, -0.05) is 20.8 Å². The highest BCUT2D eigenvalue weighted by atomic mass is 19.1. The molecule has 3 aromatic rings. The highest BCUT2D eigenvalue weighted by Crippen LogP contribution is 2.42. The van der Waals surface area contributed by atoms with Crippen molar-refractivity contribution in [3.63, 3.8) is 0 Å². The second kappa shape index (κ2) is 9.52. The molecule has 1 aliphatic heterocycles. The first-order valence-corrected chi connectivity index (χ1v) is 12.9. The molecule has 5 rings (SSSR count). The summed E-state index contributed by atoms with van der Waals surface area (Å²) in [6.45, 7) is 8.96. The molecule has 1 saturated heterocycles. The summed E-state index contributed by atoms with van der Waals surface area (Å²) in [5, 5.41) is 15.1. The molecular weight excluding hydrogens is 473 g/mol. The summed E-state index contributed by atoms with van der Waals surface area (Å²) in [4.78, 5) is 34.3. The topological polar surface area (TPSA) is 91.0 Å². The minimum absolute atomic E-state index is 0.164. The van der Waals surface area contributed by atoms with Gasteiger partial charge in [-0.3, -0.25) is 9.59 Å². The van der Waals surface area contributed by atoms with Crippen LogP contribution in [0.3, 0.4) is 0 Å². The number of hydrogen-bond donors (Lipinski definition) is 1. The summed E-state index contributed by atoms with van der Waals surface area (Å²) in [6.07, 6.45) is 3.12. The molecule has 1 aromatic carbocycles. The molecule has 2 aliphatic rings. The number of halogens is 1. The van der Waals surface area contributed by atoms with Crippen LogP contribution < -0.4 is 0 Å². The first-order valence-electron chi connectivity index (χ1n) is 12.9. The highest BCUT2D eigenvalue weighted by Gasteiger charge is 2.35. The van der Waals surface area contributed by atoms with Gasteiger partial charge in [0.2, 0.25) is 0 Å². The van der Waals surface area contributed by atoms with Crippen molar-refractivity contribution in [2.75, 3.05) is 19.6 Å². The van der Waals surface area contributed by atoms with E-state index in [9.17, 15) is 19.1 Å². The number of rotatable bonds is 5. The molecule has 1 N–H and O–H groups in total. The van der Waals surface area contributed by atoms with E-state index in [4.69, 9.17) is 0 Å². The van der Waals surface area contributed by atoms with Gasteiger partial charge in [0.15, 0.2) is 5.65 Å². The molecule has 0 unspecified atom stereocenters. The zero-order chi connectivity index (χ0) is 26.5. The highest BCUT2D eigenvalue weighted by molar-refractivity contribution is 5.93. The maximum absolute atomic E-state index is 13.4. The van der Waals surface area contributed by atoms with E-state index in [-0.39, 0.29) is 29.1 Å². The summed E-state index contributed by atoms with van der Waals surface area (Å²) in [5.41, 5.74) is 3.37. The Labute approximate surface area is 216 Å². The van der Waals surface area contributed by atoms with Crippen molar-refractivity contribution in [2.45, 2.75) is 65.0 Å². The van der Waals surface area contributed by atoms with Gasteiger partial charge in [0.05, 0.1) is 11.9 Å². The van der Waals surface area contributed by atoms with Crippen LogP contribution >= 0.6 is 0 Å². The summed E-state index contributed by atoms with van der Waals surface area (Å²) < 4.78 is 15.1. The number of imidazole rings is 1. The molecule has 0 bridgehead atoms. The molecule has 2 fully saturated rings. The van der Waals surface area contributed by atoms with Crippen molar-refractivity contribution in [1.82, 2.24) is 24.4 Å². The van der Waals surface area contributed by atoms with Gasteiger partial charge in [-0.2, -0.15) is 5.10 Å². The zero-order valence-corrected chi connectivity index (χ0v) is 21.8. The Bertz CT molecular complexity index is 1330. The van der Waals surface area contributed by atoms with Gasteiger partial charge in [-0.15, -0.1) is 0 Å². The number of piperazine rings is 1. The molecule has 1 saturated carbocycles. The zero-order valence-electron chi connectivity index (χ0n) is 21.8. The van der Waals surface area contributed by atoms with E-state index in [1.54, 1.807) is 32.6 Å². The summed E-state index contributed by atoms with van der Waals surface area (Å²) >= 11 is 0. The van der Waals surface area contributed by atoms with Crippen LogP contribution in [-0.4, -0.2) is 73.1 Å². The Morgan fingerprint density at radius 3 is 2.49 bits per heavy atom. The lowest BCUT2D eigenvalue weighted by molar-refractivity contribution is -0.145. The predicted octanol–water partition coefficient (Wildman–Crippen LogP) is 3.88. The maximum Gasteiger partial charge on any atom is 0.274 e. The third-order valence-electron chi connectivity index (χ3n) is 7.12. The van der Waals surface area contributed by atoms with Crippen molar-refractivity contribution >= 4 is 17.5 Å². The SMILES string of the molecule is C[C@H]1CN(C(=O)c2cn3nc(-c4ccc(F)cc4)cc(C4CC4)c3n2)CCN1C(=O)[C@H](O)CC(C)(C)C. The van der Waals surface area contributed by atoms with Crippen molar-refractivity contribution in [2.24, 2.45) is 5.41 Å². The average Bonchev–Trinajstić information content (AvgIpc) is 3.60. The third kappa shape index (κ3) is 5.37. The van der Waals surface area contributed by atoms with E-state index in [2.05, 4.69) is 10.1 Å². The van der Waals surface area contributed by atoms with Gasteiger partial charge in [0, 0.05) is 36.8 Å². The van der Waals surface area contributed by atoms with Crippen molar-refractivity contribution in [3.05, 3.63) is 53.6 Å². The molecule has 0 radical (unpaired) electrons. The Morgan fingerprint density at radius 2 is 1.86 bits per heavy atom. The van der Waals surface area contributed by atoms with Crippen LogP contribution in [0.5, 0.6) is 0 Å². The van der Waals surface area contributed by atoms with E-state index in [1.807, 2.05) is 33.8 Å². The van der Waals surface area contributed by atoms with Crippen LogP contribution in [-0.2, 0) is 4.79 Å². The second-order valence-corrected chi connectivity index (χ2v) is 11.6. The maximum atomic E-state index is 13.4. The third-order valence-corrected chi connectivity index (χ3v) is 7.12. The van der Waals surface area contributed by atoms with E-state index in [1.165, 1.54) is 12.1 Å². The van der Waals surface area contributed by atoms with Crippen molar-refractivity contribution < 1.29 is 19.1 Å². The van der Waals surface area contributed by atoms with Gasteiger partial charge in [0.25, 0.3) is 11.8 Å². The Hall–Kier alpha value is -3.33. The summed E-state index contributed by atoms with van der Waals surface area (Å²) in [5.74, 6) is -0.412. The smallest absolute Gasteiger partial charge is 0.274 e. The first kappa shape index (κ1) is 25.3. The number of aliphatic hydroxyl groups is 1. The van der Waals surface area contributed by atoms with Crippen LogP contribution in [0.4, 0.5) is 4.39 Å². The molecule has 2 amide bonds. The Kier molecular flexibility index (Phi) is 6.52. The summed E-state index contributed by atoms with van der Waals surface area (Å²) in [6, 6.07) is 8.00. The molecule has 1 aliphatic carbocycles. The lowest BCUT2D eigenvalue weighted by Crippen LogP contribution is -2.57. The lowest BCUT2D eigenvalue weighted by Gasteiger charge is -2.40. The number of carbonyl (C=O) groups is 2. The van der Waals surface area contributed by atoms with Gasteiger partial charge in [-0.25, -0.2) is 13.9 Å². The number of hydrogen-bond acceptors (Lipinski definition) is 5. The Morgan fingerprint density at radius 1 is 1.16 bits per heavy atom. The van der Waals surface area contributed by atoms with Crippen LogP contribution in [0.2, 0.25) is 0 Å². The molecule has 196 valence electrons. The number of nitrogens with zero attached hydrogens (tertiary/aromatic N) is 5. The van der Waals surface area contributed by atoms with Crippen LogP contribution in [0, 0.1) is 11.2 Å². The second-order valence-electron chi connectivity index (χ2n) is 11.6. The minimum atomic E-state index is -1.05. The quantitative estimate of drug-likeness (QED) is 0.566. The molecule has 8 nitrogen and oxygen atoms in total. The van der Waals surface area contributed by atoms with Crippen LogP contribution in [0.15, 0.2) is 36.5 Å². The number of aromatic nitrogens is 3. The predicted molar refractivity (Wildman–Crippen MR) is 138 cm³/mol. The van der Waals surface area contributed by atoms with Crippen LogP contribution in [0.1, 0.15) is 68.9 Å². The fourth-order valence-corrected chi connectivity index (χ4v) is 5.05. The lowest BCUT2D eigenvalue weighted by atomic mass is 9.88. The van der Waals surface area contributed by atoms with Gasteiger partial charge < -0.3 is 14.9 Å². The largest absolute Gasteiger partial charge is 0.383 e. The molecule has 37 heavy (non-hydrogen) atoms. The standard InChI is InChI=1S/C28H34FN5O3/c1-17-15-32(11-12-33(17)27(37)24(35)14-28(2,3)4)26(36)23-16-34-25(30-23)21(18-5-6-18)13-22(31-34)19-7-9-20(29)10-8-19/h7-10,13,16-18,24,35H,5-6,11-12,14-15H2,1-4H3/t17-,24+/m0/s1. The number of amides is 2. The van der Waals surface area contributed by atoms with E-state index in [0.29, 0.717) is 49.0 Å². The average molecular weight is 508 g/mol. The fraction of sp³-hybridized carbons (Fsp3) is 0.500. The van der Waals surface area contributed by atoms with Gasteiger partial charge >= 0.3 is 0 Å². The molecule has 0 spiro atoms.